The SMILES string of the molecule is CC1=C[C@H]2[C@@]3(O)[C@H](C)CC(=O)[C@@H](C(C)C)[C@@H]3C=C(CO[C@@H]3O[C@H](CO)[C@@H](O)[C@H](O)[C@H]3O)C[C@]2(O)C1=O. The number of ketones is 2. The summed E-state index contributed by atoms with van der Waals surface area (Å²) in [5.74, 6) is -3.28. The summed E-state index contributed by atoms with van der Waals surface area (Å²) in [6.07, 6.45) is -4.01. The van der Waals surface area contributed by atoms with Crippen molar-refractivity contribution in [1.82, 2.24) is 0 Å². The van der Waals surface area contributed by atoms with Crippen molar-refractivity contribution in [2.45, 2.75) is 82.4 Å². The van der Waals surface area contributed by atoms with E-state index in [0.29, 0.717) is 11.1 Å². The molecule has 0 bridgehead atoms. The fourth-order valence-corrected chi connectivity index (χ4v) is 6.76. The average molecular weight is 511 g/mol. The number of aliphatic hydroxyl groups is 6. The Morgan fingerprint density at radius 3 is 2.39 bits per heavy atom. The van der Waals surface area contributed by atoms with Crippen LogP contribution >= 0.6 is 0 Å². The van der Waals surface area contributed by atoms with E-state index < -0.39 is 78.0 Å². The topological polar surface area (TPSA) is 174 Å². The fourth-order valence-electron chi connectivity index (χ4n) is 6.76. The molecule has 0 aromatic rings. The third-order valence-electron chi connectivity index (χ3n) is 8.68. The van der Waals surface area contributed by atoms with Crippen molar-refractivity contribution < 1.29 is 49.7 Å². The first-order valence-electron chi connectivity index (χ1n) is 12.6. The lowest BCUT2D eigenvalue weighted by Crippen LogP contribution is -2.62. The van der Waals surface area contributed by atoms with Crippen LogP contribution in [0.2, 0.25) is 0 Å². The Balaban J connectivity index is 1.71. The maximum absolute atomic E-state index is 13.2. The first-order chi connectivity index (χ1) is 16.8. The van der Waals surface area contributed by atoms with Crippen LogP contribution in [0.3, 0.4) is 0 Å². The minimum Gasteiger partial charge on any atom is -0.394 e. The number of fused-ring (bicyclic) bond motifs is 3. The third-order valence-corrected chi connectivity index (χ3v) is 8.68. The lowest BCUT2D eigenvalue weighted by Gasteiger charge is -2.52. The molecule has 36 heavy (non-hydrogen) atoms. The van der Waals surface area contributed by atoms with Crippen molar-refractivity contribution >= 4 is 11.6 Å². The van der Waals surface area contributed by atoms with Gasteiger partial charge in [0.2, 0.25) is 0 Å². The zero-order valence-corrected chi connectivity index (χ0v) is 21.1. The molecule has 0 amide bonds. The van der Waals surface area contributed by atoms with Crippen LogP contribution in [0.5, 0.6) is 0 Å². The van der Waals surface area contributed by atoms with E-state index in [-0.39, 0.29) is 31.1 Å². The number of rotatable bonds is 5. The van der Waals surface area contributed by atoms with Gasteiger partial charge in [0.05, 0.1) is 18.8 Å². The second-order valence-corrected chi connectivity index (χ2v) is 11.3. The molecule has 4 rings (SSSR count). The molecule has 0 aromatic carbocycles. The normalized spacial score (nSPS) is 47.2. The molecule has 1 saturated carbocycles. The van der Waals surface area contributed by atoms with E-state index in [1.54, 1.807) is 26.0 Å². The molecule has 0 spiro atoms. The standard InChI is InChI=1S/C26H38O10/c1-11(2)19-15-7-14(10-35-24-22(31)21(30)20(29)17(9-27)36-24)8-25(33)18(5-12(3)23(25)32)26(15,34)13(4)6-16(19)28/h5,7,11,13,15,17-22,24,27,29-31,33-34H,6,8-10H2,1-4H3/t13-,15+,17-,18-,19+,20-,21+,22-,24-,25-,26-/m1/s1. The van der Waals surface area contributed by atoms with Gasteiger partial charge in [0.1, 0.15) is 35.8 Å². The van der Waals surface area contributed by atoms with E-state index in [1.165, 1.54) is 0 Å². The van der Waals surface area contributed by atoms with Crippen molar-refractivity contribution in [3.8, 4) is 0 Å². The molecular formula is C26H38O10. The quantitative estimate of drug-likeness (QED) is 0.258. The summed E-state index contributed by atoms with van der Waals surface area (Å²) in [7, 11) is 0. The Labute approximate surface area is 210 Å². The summed E-state index contributed by atoms with van der Waals surface area (Å²) >= 11 is 0. The van der Waals surface area contributed by atoms with Crippen LogP contribution in [-0.4, -0.2) is 97.3 Å². The lowest BCUT2D eigenvalue weighted by atomic mass is 9.55. The molecule has 2 fully saturated rings. The highest BCUT2D eigenvalue weighted by Gasteiger charge is 2.65. The maximum atomic E-state index is 13.2. The lowest BCUT2D eigenvalue weighted by molar-refractivity contribution is -0.299. The van der Waals surface area contributed by atoms with Crippen LogP contribution in [-0.2, 0) is 19.1 Å². The van der Waals surface area contributed by atoms with Crippen LogP contribution < -0.4 is 0 Å². The van der Waals surface area contributed by atoms with Crippen LogP contribution in [0.4, 0.5) is 0 Å². The highest BCUT2D eigenvalue weighted by Crippen LogP contribution is 2.56. The predicted octanol–water partition coefficient (Wildman–Crippen LogP) is -0.762. The Morgan fingerprint density at radius 1 is 1.11 bits per heavy atom. The fraction of sp³-hybridized carbons (Fsp3) is 0.769. The third kappa shape index (κ3) is 4.12. The first kappa shape index (κ1) is 27.5. The summed E-state index contributed by atoms with van der Waals surface area (Å²) < 4.78 is 11.2. The Hall–Kier alpha value is -1.50. The van der Waals surface area contributed by atoms with Gasteiger partial charge in [-0.15, -0.1) is 0 Å². The van der Waals surface area contributed by atoms with Crippen LogP contribution in [0.1, 0.15) is 40.5 Å². The second-order valence-electron chi connectivity index (χ2n) is 11.3. The summed E-state index contributed by atoms with van der Waals surface area (Å²) in [5.41, 5.74) is -2.72. The van der Waals surface area contributed by atoms with Gasteiger partial charge in [-0.05, 0) is 29.9 Å². The van der Waals surface area contributed by atoms with E-state index in [2.05, 4.69) is 0 Å². The summed E-state index contributed by atoms with van der Waals surface area (Å²) in [6, 6.07) is 0. The molecule has 10 heteroatoms. The Bertz CT molecular complexity index is 956. The molecule has 1 saturated heterocycles. The van der Waals surface area contributed by atoms with Crippen LogP contribution in [0, 0.1) is 29.6 Å². The monoisotopic (exact) mass is 510 g/mol. The van der Waals surface area contributed by atoms with Gasteiger partial charge in [0, 0.05) is 30.6 Å². The van der Waals surface area contributed by atoms with Gasteiger partial charge in [-0.3, -0.25) is 9.59 Å². The van der Waals surface area contributed by atoms with E-state index in [1.807, 2.05) is 13.8 Å². The van der Waals surface area contributed by atoms with E-state index in [0.717, 1.165) is 0 Å². The number of Topliss-reactive ketones (excluding diaryl/α,β-unsaturated/α-hetero) is 2. The molecule has 0 radical (unpaired) electrons. The molecule has 11 atom stereocenters. The van der Waals surface area contributed by atoms with Gasteiger partial charge in [0.25, 0.3) is 0 Å². The van der Waals surface area contributed by atoms with Crippen molar-refractivity contribution in [3.05, 3.63) is 23.3 Å². The maximum Gasteiger partial charge on any atom is 0.190 e. The molecular weight excluding hydrogens is 472 g/mol. The average Bonchev–Trinajstić information content (AvgIpc) is 2.98. The predicted molar refractivity (Wildman–Crippen MR) is 125 cm³/mol. The van der Waals surface area contributed by atoms with E-state index in [4.69, 9.17) is 9.47 Å². The van der Waals surface area contributed by atoms with Gasteiger partial charge in [-0.1, -0.05) is 32.9 Å². The number of carbonyl (C=O) groups is 2. The smallest absolute Gasteiger partial charge is 0.190 e. The highest BCUT2D eigenvalue weighted by atomic mass is 16.7. The van der Waals surface area contributed by atoms with Gasteiger partial charge in [-0.2, -0.15) is 0 Å². The van der Waals surface area contributed by atoms with E-state index in [9.17, 15) is 40.2 Å². The van der Waals surface area contributed by atoms with Crippen molar-refractivity contribution in [2.24, 2.45) is 29.6 Å². The number of carbonyl (C=O) groups excluding carboxylic acids is 2. The number of hydrogen-bond acceptors (Lipinski definition) is 10. The Kier molecular flexibility index (Phi) is 7.39. The molecule has 202 valence electrons. The zero-order chi connectivity index (χ0) is 26.7. The largest absolute Gasteiger partial charge is 0.394 e. The minimum absolute atomic E-state index is 0.00749. The van der Waals surface area contributed by atoms with E-state index >= 15 is 0 Å². The molecule has 1 heterocycles. The van der Waals surface area contributed by atoms with Gasteiger partial charge >= 0.3 is 0 Å². The van der Waals surface area contributed by atoms with Gasteiger partial charge in [-0.25, -0.2) is 0 Å². The number of aliphatic hydroxyl groups excluding tert-OH is 4. The van der Waals surface area contributed by atoms with Crippen molar-refractivity contribution in [3.63, 3.8) is 0 Å². The number of ether oxygens (including phenoxy) is 2. The molecule has 1 aliphatic heterocycles. The number of hydrogen-bond donors (Lipinski definition) is 6. The van der Waals surface area contributed by atoms with Gasteiger partial charge in [0.15, 0.2) is 12.1 Å². The molecule has 0 aromatic heterocycles. The van der Waals surface area contributed by atoms with Gasteiger partial charge < -0.3 is 40.1 Å². The molecule has 4 aliphatic rings. The molecule has 0 unspecified atom stereocenters. The molecule has 6 N–H and O–H groups in total. The van der Waals surface area contributed by atoms with Crippen molar-refractivity contribution in [2.75, 3.05) is 13.2 Å². The highest BCUT2D eigenvalue weighted by molar-refractivity contribution is 6.05. The van der Waals surface area contributed by atoms with Crippen LogP contribution in [0.25, 0.3) is 0 Å². The summed E-state index contributed by atoms with van der Waals surface area (Å²) in [4.78, 5) is 26.3. The zero-order valence-electron chi connectivity index (χ0n) is 21.1. The summed E-state index contributed by atoms with van der Waals surface area (Å²) in [5, 5.41) is 63.8. The first-order valence-corrected chi connectivity index (χ1v) is 12.6. The molecule has 10 nitrogen and oxygen atoms in total. The molecule has 3 aliphatic carbocycles. The minimum atomic E-state index is -1.94. The van der Waals surface area contributed by atoms with Crippen LogP contribution in [0.15, 0.2) is 23.3 Å². The summed E-state index contributed by atoms with van der Waals surface area (Å²) in [6.45, 7) is 6.30. The Morgan fingerprint density at radius 2 is 1.78 bits per heavy atom. The van der Waals surface area contributed by atoms with Crippen molar-refractivity contribution in [1.29, 1.82) is 0 Å². The second kappa shape index (κ2) is 9.67.